The summed E-state index contributed by atoms with van der Waals surface area (Å²) in [7, 11) is 0. The zero-order valence-corrected chi connectivity index (χ0v) is 11.6. The quantitative estimate of drug-likeness (QED) is 0.715. The summed E-state index contributed by atoms with van der Waals surface area (Å²) < 4.78 is 1.97. The molecule has 0 aromatic carbocycles. The van der Waals surface area contributed by atoms with Crippen molar-refractivity contribution in [3.05, 3.63) is 17.5 Å². The molecule has 3 N–H and O–H groups in total. The van der Waals surface area contributed by atoms with Gasteiger partial charge in [-0.05, 0) is 32.8 Å². The molecule has 1 amide bonds. The molecule has 0 bridgehead atoms. The van der Waals surface area contributed by atoms with E-state index in [9.17, 15) is 4.79 Å². The summed E-state index contributed by atoms with van der Waals surface area (Å²) in [6.45, 7) is 7.51. The third-order valence-corrected chi connectivity index (χ3v) is 2.89. The second-order valence-electron chi connectivity index (χ2n) is 4.69. The molecular weight excluding hydrogens is 228 g/mol. The maximum Gasteiger partial charge on any atom is 0.236 e. The van der Waals surface area contributed by atoms with Crippen LogP contribution in [0.1, 0.15) is 37.6 Å². The van der Waals surface area contributed by atoms with E-state index in [0.717, 1.165) is 37.2 Å². The Morgan fingerprint density at radius 2 is 2.28 bits per heavy atom. The minimum atomic E-state index is -0.372. The number of carbonyl (C=O) groups excluding carboxylic acids is 1. The summed E-state index contributed by atoms with van der Waals surface area (Å²) in [6, 6.07) is 1.68. The van der Waals surface area contributed by atoms with Gasteiger partial charge < -0.3 is 11.1 Å². The molecule has 1 rings (SSSR count). The van der Waals surface area contributed by atoms with Crippen LogP contribution in [0.25, 0.3) is 0 Å². The number of carbonyl (C=O) groups is 1. The van der Waals surface area contributed by atoms with Crippen LogP contribution in [0.5, 0.6) is 0 Å². The molecule has 1 aromatic heterocycles. The lowest BCUT2D eigenvalue weighted by Crippen LogP contribution is -2.40. The lowest BCUT2D eigenvalue weighted by Gasteiger charge is -2.11. The number of nitrogens with one attached hydrogen (secondary N) is 1. The van der Waals surface area contributed by atoms with E-state index in [1.165, 1.54) is 0 Å². The summed E-state index contributed by atoms with van der Waals surface area (Å²) in [6.07, 6.45) is 2.54. The molecule has 5 heteroatoms. The highest BCUT2D eigenvalue weighted by molar-refractivity contribution is 5.81. The minimum absolute atomic E-state index is 0.0507. The molecule has 5 nitrogen and oxygen atoms in total. The molecule has 1 heterocycles. The summed E-state index contributed by atoms with van der Waals surface area (Å²) in [5, 5.41) is 7.23. The van der Waals surface area contributed by atoms with Crippen molar-refractivity contribution in [2.75, 3.05) is 6.54 Å². The van der Waals surface area contributed by atoms with Gasteiger partial charge in [0.1, 0.15) is 0 Å². The van der Waals surface area contributed by atoms with E-state index >= 15 is 0 Å². The van der Waals surface area contributed by atoms with Gasteiger partial charge >= 0.3 is 0 Å². The van der Waals surface area contributed by atoms with Crippen LogP contribution in [0.2, 0.25) is 0 Å². The third kappa shape index (κ3) is 4.49. The molecular formula is C13H24N4O. The summed E-state index contributed by atoms with van der Waals surface area (Å²) >= 11 is 0. The lowest BCUT2D eigenvalue weighted by atomic mass is 10.2. The largest absolute Gasteiger partial charge is 0.355 e. The van der Waals surface area contributed by atoms with E-state index in [2.05, 4.69) is 16.5 Å². The Morgan fingerprint density at radius 3 is 2.83 bits per heavy atom. The Kier molecular flexibility index (Phi) is 5.85. The predicted molar refractivity (Wildman–Crippen MR) is 72.2 cm³/mol. The molecule has 0 saturated heterocycles. The molecule has 0 aliphatic heterocycles. The molecule has 102 valence electrons. The summed E-state index contributed by atoms with van der Waals surface area (Å²) in [5.74, 6) is -0.0507. The minimum Gasteiger partial charge on any atom is -0.355 e. The van der Waals surface area contributed by atoms with Gasteiger partial charge in [-0.1, -0.05) is 13.3 Å². The SMILES string of the molecule is CCC[C@@H](N)C(=O)NCCCn1nc(C)cc1C. The zero-order chi connectivity index (χ0) is 13.5. The standard InChI is InChI=1S/C13H24N4O/c1-4-6-12(14)13(18)15-7-5-8-17-11(3)9-10(2)16-17/h9,12H,4-8,14H2,1-3H3,(H,15,18)/t12-/m1/s1. The van der Waals surface area contributed by atoms with Gasteiger partial charge in [0.05, 0.1) is 11.7 Å². The number of aryl methyl sites for hydroxylation is 3. The van der Waals surface area contributed by atoms with Crippen molar-refractivity contribution < 1.29 is 4.79 Å². The Balaban J connectivity index is 2.23. The van der Waals surface area contributed by atoms with Crippen molar-refractivity contribution in [1.82, 2.24) is 15.1 Å². The first kappa shape index (κ1) is 14.7. The van der Waals surface area contributed by atoms with Gasteiger partial charge in [-0.25, -0.2) is 0 Å². The second kappa shape index (κ2) is 7.16. The number of hydrogen-bond donors (Lipinski definition) is 2. The number of rotatable bonds is 7. The second-order valence-corrected chi connectivity index (χ2v) is 4.69. The molecule has 0 fully saturated rings. The molecule has 0 aliphatic carbocycles. The summed E-state index contributed by atoms with van der Waals surface area (Å²) in [4.78, 5) is 11.6. The van der Waals surface area contributed by atoms with Crippen molar-refractivity contribution in [2.24, 2.45) is 5.73 Å². The third-order valence-electron chi connectivity index (χ3n) is 2.89. The summed E-state index contributed by atoms with van der Waals surface area (Å²) in [5.41, 5.74) is 7.90. The van der Waals surface area contributed by atoms with Gasteiger partial charge in [0.25, 0.3) is 0 Å². The average Bonchev–Trinajstić information content (AvgIpc) is 2.63. The topological polar surface area (TPSA) is 72.9 Å². The highest BCUT2D eigenvalue weighted by Gasteiger charge is 2.10. The highest BCUT2D eigenvalue weighted by atomic mass is 16.2. The zero-order valence-electron chi connectivity index (χ0n) is 11.6. The van der Waals surface area contributed by atoms with Crippen molar-refractivity contribution in [2.45, 2.75) is 52.6 Å². The van der Waals surface area contributed by atoms with Crippen molar-refractivity contribution in [1.29, 1.82) is 0 Å². The molecule has 0 unspecified atom stereocenters. The van der Waals surface area contributed by atoms with Gasteiger partial charge in [-0.15, -0.1) is 0 Å². The van der Waals surface area contributed by atoms with E-state index in [1.54, 1.807) is 0 Å². The smallest absolute Gasteiger partial charge is 0.236 e. The molecule has 0 aliphatic rings. The molecule has 0 spiro atoms. The van der Waals surface area contributed by atoms with E-state index in [-0.39, 0.29) is 11.9 Å². The van der Waals surface area contributed by atoms with Crippen LogP contribution in [0.15, 0.2) is 6.07 Å². The normalized spacial score (nSPS) is 12.4. The fraction of sp³-hybridized carbons (Fsp3) is 0.692. The Hall–Kier alpha value is -1.36. The first-order valence-corrected chi connectivity index (χ1v) is 6.59. The number of amides is 1. The lowest BCUT2D eigenvalue weighted by molar-refractivity contribution is -0.122. The van der Waals surface area contributed by atoms with Crippen LogP contribution in [-0.4, -0.2) is 28.3 Å². The predicted octanol–water partition coefficient (Wildman–Crippen LogP) is 1.13. The maximum absolute atomic E-state index is 11.6. The first-order valence-electron chi connectivity index (χ1n) is 6.59. The number of aromatic nitrogens is 2. The molecule has 0 radical (unpaired) electrons. The number of hydrogen-bond acceptors (Lipinski definition) is 3. The van der Waals surface area contributed by atoms with Gasteiger partial charge in [-0.2, -0.15) is 5.10 Å². The molecule has 1 aromatic rings. The van der Waals surface area contributed by atoms with E-state index in [0.29, 0.717) is 6.54 Å². The average molecular weight is 252 g/mol. The fourth-order valence-electron chi connectivity index (χ4n) is 1.91. The highest BCUT2D eigenvalue weighted by Crippen LogP contribution is 2.02. The number of nitrogens with zero attached hydrogens (tertiary/aromatic N) is 2. The van der Waals surface area contributed by atoms with Crippen LogP contribution in [-0.2, 0) is 11.3 Å². The van der Waals surface area contributed by atoms with E-state index in [4.69, 9.17) is 5.73 Å². The van der Waals surface area contributed by atoms with Crippen molar-refractivity contribution >= 4 is 5.91 Å². The maximum atomic E-state index is 11.6. The Morgan fingerprint density at radius 1 is 1.56 bits per heavy atom. The van der Waals surface area contributed by atoms with Gasteiger partial charge in [0.2, 0.25) is 5.91 Å². The van der Waals surface area contributed by atoms with Crippen LogP contribution in [0.3, 0.4) is 0 Å². The van der Waals surface area contributed by atoms with E-state index in [1.807, 2.05) is 25.5 Å². The van der Waals surface area contributed by atoms with E-state index < -0.39 is 0 Å². The molecule has 18 heavy (non-hydrogen) atoms. The van der Waals surface area contributed by atoms with Gasteiger partial charge in [0.15, 0.2) is 0 Å². The first-order chi connectivity index (χ1) is 8.54. The van der Waals surface area contributed by atoms with Crippen LogP contribution < -0.4 is 11.1 Å². The number of nitrogens with two attached hydrogens (primary N) is 1. The van der Waals surface area contributed by atoms with Crippen molar-refractivity contribution in [3.8, 4) is 0 Å². The van der Waals surface area contributed by atoms with Crippen molar-refractivity contribution in [3.63, 3.8) is 0 Å². The fourth-order valence-corrected chi connectivity index (χ4v) is 1.91. The molecule has 1 atom stereocenters. The van der Waals surface area contributed by atoms with Gasteiger partial charge in [0, 0.05) is 18.8 Å². The molecule has 0 saturated carbocycles. The van der Waals surface area contributed by atoms with Crippen LogP contribution >= 0.6 is 0 Å². The monoisotopic (exact) mass is 252 g/mol. The Bertz CT molecular complexity index is 386. The van der Waals surface area contributed by atoms with Crippen LogP contribution in [0, 0.1) is 13.8 Å². The Labute approximate surface area is 109 Å². The van der Waals surface area contributed by atoms with Crippen LogP contribution in [0.4, 0.5) is 0 Å². The van der Waals surface area contributed by atoms with Gasteiger partial charge in [-0.3, -0.25) is 9.48 Å².